The number of nitrogens with one attached hydrogen (secondary N) is 2. The van der Waals surface area contributed by atoms with Crippen LogP contribution in [0.3, 0.4) is 0 Å². The van der Waals surface area contributed by atoms with Crippen LogP contribution in [0.4, 0.5) is 0 Å². The lowest BCUT2D eigenvalue weighted by Gasteiger charge is -2.21. The lowest BCUT2D eigenvalue weighted by atomic mass is 9.88. The second-order valence-corrected chi connectivity index (χ2v) is 7.80. The first kappa shape index (κ1) is 21.3. The van der Waals surface area contributed by atoms with Gasteiger partial charge in [-0.15, -0.1) is 0 Å². The van der Waals surface area contributed by atoms with Gasteiger partial charge in [0.1, 0.15) is 18.1 Å². The van der Waals surface area contributed by atoms with Crippen molar-refractivity contribution >= 4 is 11.6 Å². The molecule has 0 spiro atoms. The van der Waals surface area contributed by atoms with Crippen LogP contribution in [-0.4, -0.2) is 25.9 Å². The van der Waals surface area contributed by atoms with Gasteiger partial charge in [0.25, 0.3) is 0 Å². The number of hydrazine groups is 1. The topological polar surface area (TPSA) is 72.0 Å². The van der Waals surface area contributed by atoms with Gasteiger partial charge >= 0.3 is 0 Å². The summed E-state index contributed by atoms with van der Waals surface area (Å²) < 4.78 is 16.6. The van der Waals surface area contributed by atoms with Crippen molar-refractivity contribution in [2.24, 2.45) is 0 Å². The number of aromatic hydroxyl groups is 1. The van der Waals surface area contributed by atoms with Gasteiger partial charge < -0.3 is 19.3 Å². The minimum Gasteiger partial charge on any atom is -0.507 e. The number of ether oxygens (including phenoxy) is 3. The lowest BCUT2D eigenvalue weighted by molar-refractivity contribution is 0.304. The highest BCUT2D eigenvalue weighted by molar-refractivity contribution is 6.30. The fourth-order valence-corrected chi connectivity index (χ4v) is 3.94. The van der Waals surface area contributed by atoms with Crippen LogP contribution >= 0.6 is 11.6 Å². The number of rotatable bonds is 7. The average Bonchev–Trinajstić information content (AvgIpc) is 3.28. The van der Waals surface area contributed by atoms with E-state index >= 15 is 0 Å². The zero-order valence-corrected chi connectivity index (χ0v) is 18.1. The summed E-state index contributed by atoms with van der Waals surface area (Å²) >= 11 is 5.92. The number of phenols is 1. The maximum atomic E-state index is 10.7. The molecule has 1 heterocycles. The maximum Gasteiger partial charge on any atom is 0.160 e. The van der Waals surface area contributed by atoms with Crippen LogP contribution in [0.1, 0.15) is 28.7 Å². The van der Waals surface area contributed by atoms with Crippen molar-refractivity contribution in [1.29, 1.82) is 0 Å². The molecule has 0 saturated carbocycles. The van der Waals surface area contributed by atoms with E-state index in [0.717, 1.165) is 16.7 Å². The summed E-state index contributed by atoms with van der Waals surface area (Å²) in [6, 6.07) is 18.7. The van der Waals surface area contributed by atoms with E-state index < -0.39 is 0 Å². The van der Waals surface area contributed by atoms with Gasteiger partial charge in [-0.25, -0.2) is 5.43 Å². The van der Waals surface area contributed by atoms with Crippen molar-refractivity contribution in [2.45, 2.75) is 18.6 Å². The molecule has 4 rings (SSSR count). The third-order valence-corrected chi connectivity index (χ3v) is 5.73. The molecule has 7 heteroatoms. The third-order valence-electron chi connectivity index (χ3n) is 5.47. The molecule has 1 aliphatic rings. The quantitative estimate of drug-likeness (QED) is 0.499. The Balaban J connectivity index is 1.51. The van der Waals surface area contributed by atoms with Gasteiger partial charge in [0.15, 0.2) is 11.5 Å². The number of hydrogen-bond acceptors (Lipinski definition) is 6. The fourth-order valence-electron chi connectivity index (χ4n) is 3.81. The number of hydrogen-bond donors (Lipinski definition) is 3. The molecule has 1 saturated heterocycles. The molecule has 162 valence electrons. The van der Waals surface area contributed by atoms with Gasteiger partial charge in [-0.1, -0.05) is 35.9 Å². The van der Waals surface area contributed by atoms with Crippen LogP contribution in [0.25, 0.3) is 0 Å². The van der Waals surface area contributed by atoms with E-state index in [0.29, 0.717) is 35.4 Å². The number of halogens is 1. The standard InChI is InChI=1S/C24H25ClN2O4/c1-29-22-10-5-16(11-23(22)30-2)20-13-26-27-24(20)19-9-8-18(12-21(19)28)31-14-15-3-6-17(25)7-4-15/h3-12,20,24,26-28H,13-14H2,1-2H3. The van der Waals surface area contributed by atoms with Gasteiger partial charge in [0.05, 0.1) is 20.3 Å². The predicted octanol–water partition coefficient (Wildman–Crippen LogP) is 4.57. The molecule has 6 nitrogen and oxygen atoms in total. The van der Waals surface area contributed by atoms with Crippen LogP contribution in [0.15, 0.2) is 60.7 Å². The number of benzene rings is 3. The Morgan fingerprint density at radius 1 is 0.968 bits per heavy atom. The van der Waals surface area contributed by atoms with Crippen molar-refractivity contribution in [3.8, 4) is 23.0 Å². The first-order chi connectivity index (χ1) is 15.1. The van der Waals surface area contributed by atoms with Crippen molar-refractivity contribution in [1.82, 2.24) is 10.9 Å². The summed E-state index contributed by atoms with van der Waals surface area (Å²) in [6.07, 6.45) is 0. The summed E-state index contributed by atoms with van der Waals surface area (Å²) in [7, 11) is 3.24. The van der Waals surface area contributed by atoms with E-state index in [-0.39, 0.29) is 17.7 Å². The SMILES string of the molecule is COc1ccc(C2CNNC2c2ccc(OCc3ccc(Cl)cc3)cc2O)cc1OC. The Bertz CT molecular complexity index is 1040. The summed E-state index contributed by atoms with van der Waals surface area (Å²) in [6.45, 7) is 1.11. The molecule has 2 unspecified atom stereocenters. The largest absolute Gasteiger partial charge is 0.507 e. The Hall–Kier alpha value is -2.93. The van der Waals surface area contributed by atoms with Gasteiger partial charge in [-0.05, 0) is 41.5 Å². The molecule has 0 radical (unpaired) electrons. The van der Waals surface area contributed by atoms with Crippen LogP contribution < -0.4 is 25.1 Å². The molecule has 3 N–H and O–H groups in total. The van der Waals surface area contributed by atoms with Gasteiger partial charge in [0.2, 0.25) is 0 Å². The van der Waals surface area contributed by atoms with Crippen LogP contribution in [0.5, 0.6) is 23.0 Å². The summed E-state index contributed by atoms with van der Waals surface area (Å²) in [4.78, 5) is 0. The second kappa shape index (κ2) is 9.47. The molecule has 3 aromatic rings. The van der Waals surface area contributed by atoms with E-state index in [4.69, 9.17) is 25.8 Å². The van der Waals surface area contributed by atoms with Crippen LogP contribution in [0.2, 0.25) is 5.02 Å². The smallest absolute Gasteiger partial charge is 0.160 e. The normalized spacial score (nSPS) is 18.0. The van der Waals surface area contributed by atoms with Crippen molar-refractivity contribution < 1.29 is 19.3 Å². The van der Waals surface area contributed by atoms with Crippen LogP contribution in [0, 0.1) is 0 Å². The average molecular weight is 441 g/mol. The molecule has 31 heavy (non-hydrogen) atoms. The molecule has 1 aliphatic heterocycles. The molecule has 0 aliphatic carbocycles. The molecule has 0 amide bonds. The third kappa shape index (κ3) is 4.71. The van der Waals surface area contributed by atoms with Crippen molar-refractivity contribution in [2.75, 3.05) is 20.8 Å². The van der Waals surface area contributed by atoms with Crippen molar-refractivity contribution in [3.05, 3.63) is 82.4 Å². The van der Waals surface area contributed by atoms with E-state index in [9.17, 15) is 5.11 Å². The maximum absolute atomic E-state index is 10.7. The molecule has 1 fully saturated rings. The molecule has 0 aromatic heterocycles. The molecule has 0 bridgehead atoms. The Morgan fingerprint density at radius 3 is 2.45 bits per heavy atom. The van der Waals surface area contributed by atoms with Gasteiger partial charge in [-0.2, -0.15) is 0 Å². The van der Waals surface area contributed by atoms with Crippen molar-refractivity contribution in [3.63, 3.8) is 0 Å². The molecular weight excluding hydrogens is 416 g/mol. The molecular formula is C24H25ClN2O4. The van der Waals surface area contributed by atoms with E-state index in [2.05, 4.69) is 10.9 Å². The summed E-state index contributed by atoms with van der Waals surface area (Å²) in [5, 5.41) is 11.4. The first-order valence-electron chi connectivity index (χ1n) is 9.99. The molecule has 2 atom stereocenters. The highest BCUT2D eigenvalue weighted by Gasteiger charge is 2.32. The summed E-state index contributed by atoms with van der Waals surface area (Å²) in [5.74, 6) is 2.25. The predicted molar refractivity (Wildman–Crippen MR) is 120 cm³/mol. The fraction of sp³-hybridized carbons (Fsp3) is 0.250. The van der Waals surface area contributed by atoms with E-state index in [1.54, 1.807) is 20.3 Å². The number of methoxy groups -OCH3 is 2. The first-order valence-corrected chi connectivity index (χ1v) is 10.4. The Morgan fingerprint density at radius 2 is 1.74 bits per heavy atom. The van der Waals surface area contributed by atoms with E-state index in [1.807, 2.05) is 54.6 Å². The van der Waals surface area contributed by atoms with Crippen LogP contribution in [-0.2, 0) is 6.61 Å². The van der Waals surface area contributed by atoms with Gasteiger partial charge in [0, 0.05) is 29.1 Å². The Kier molecular flexibility index (Phi) is 6.51. The minimum absolute atomic E-state index is 0.103. The zero-order chi connectivity index (χ0) is 21.8. The summed E-state index contributed by atoms with van der Waals surface area (Å²) in [5.41, 5.74) is 9.36. The minimum atomic E-state index is -0.108. The monoisotopic (exact) mass is 440 g/mol. The zero-order valence-electron chi connectivity index (χ0n) is 17.4. The highest BCUT2D eigenvalue weighted by Crippen LogP contribution is 2.40. The van der Waals surface area contributed by atoms with E-state index in [1.165, 1.54) is 0 Å². The molecule has 3 aromatic carbocycles. The number of phenolic OH excluding ortho intramolecular Hbond substituents is 1. The highest BCUT2D eigenvalue weighted by atomic mass is 35.5. The van der Waals surface area contributed by atoms with Gasteiger partial charge in [-0.3, -0.25) is 5.43 Å². The Labute approximate surface area is 186 Å². The lowest BCUT2D eigenvalue weighted by Crippen LogP contribution is -2.25. The second-order valence-electron chi connectivity index (χ2n) is 7.36.